The molecule has 0 heterocycles. The number of aromatic hydroxyl groups is 1. The Bertz CT molecular complexity index is 1150. The number of alkyl carbamates (subject to hydrolysis) is 1. The number of carbonyl (C=O) groups excluding carboxylic acids is 3. The van der Waals surface area contributed by atoms with Gasteiger partial charge in [0, 0.05) is 18.5 Å². The third kappa shape index (κ3) is 7.99. The molecule has 2 unspecified atom stereocenters. The summed E-state index contributed by atoms with van der Waals surface area (Å²) in [6.07, 6.45) is 7.15. The molecule has 4 rings (SSSR count). The fraction of sp³-hybridized carbons (Fsp3) is 0.531. The predicted molar refractivity (Wildman–Crippen MR) is 154 cm³/mol. The SMILES string of the molecule is CC(C)(C)OC(=O)NC(Cc1ccccc1)C(=O)N(C1CCC1)C(C(=O)NC1CCCCC1)c1cccc(O)c1. The minimum atomic E-state index is -0.944. The number of nitrogens with zero attached hydrogens (tertiary/aromatic N) is 1. The molecule has 0 aliphatic heterocycles. The zero-order valence-corrected chi connectivity index (χ0v) is 23.9. The van der Waals surface area contributed by atoms with Gasteiger partial charge in [0.1, 0.15) is 23.4 Å². The van der Waals surface area contributed by atoms with Crippen LogP contribution in [-0.2, 0) is 20.7 Å². The monoisotopic (exact) mass is 549 g/mol. The summed E-state index contributed by atoms with van der Waals surface area (Å²) in [5.74, 6) is -0.568. The molecule has 0 radical (unpaired) electrons. The zero-order chi connectivity index (χ0) is 28.7. The van der Waals surface area contributed by atoms with Crippen molar-refractivity contribution in [1.82, 2.24) is 15.5 Å². The van der Waals surface area contributed by atoms with Crippen LogP contribution in [0.25, 0.3) is 0 Å². The number of nitrogens with one attached hydrogen (secondary N) is 2. The van der Waals surface area contributed by atoms with Crippen molar-refractivity contribution in [1.29, 1.82) is 0 Å². The van der Waals surface area contributed by atoms with E-state index in [9.17, 15) is 19.5 Å². The first-order valence-electron chi connectivity index (χ1n) is 14.6. The number of benzene rings is 2. The summed E-state index contributed by atoms with van der Waals surface area (Å²) >= 11 is 0. The summed E-state index contributed by atoms with van der Waals surface area (Å²) < 4.78 is 5.51. The molecule has 2 atom stereocenters. The largest absolute Gasteiger partial charge is 0.508 e. The molecule has 2 fully saturated rings. The maximum absolute atomic E-state index is 14.5. The third-order valence-electron chi connectivity index (χ3n) is 7.66. The molecular formula is C32H43N3O5. The zero-order valence-electron chi connectivity index (χ0n) is 23.9. The molecule has 2 aromatic carbocycles. The number of amides is 3. The number of carbonyl (C=O) groups is 3. The molecule has 3 N–H and O–H groups in total. The number of ether oxygens (including phenoxy) is 1. The van der Waals surface area contributed by atoms with Crippen molar-refractivity contribution >= 4 is 17.9 Å². The van der Waals surface area contributed by atoms with Gasteiger partial charge in [0.2, 0.25) is 11.8 Å². The minimum absolute atomic E-state index is 0.0293. The van der Waals surface area contributed by atoms with Crippen molar-refractivity contribution in [2.75, 3.05) is 0 Å². The van der Waals surface area contributed by atoms with Crippen molar-refractivity contribution in [3.05, 3.63) is 65.7 Å². The standard InChI is InChI=1S/C32H43N3O5/c1-32(2,3)40-31(39)34-27(20-22-12-6-4-7-13-22)30(38)35(25-17-11-18-25)28(23-14-10-19-26(36)21-23)29(37)33-24-15-8-5-9-16-24/h4,6-7,10,12-14,19,21,24-25,27-28,36H,5,8-9,11,15-18,20H2,1-3H3,(H,33,37)(H,34,39). The smallest absolute Gasteiger partial charge is 0.408 e. The maximum Gasteiger partial charge on any atom is 0.408 e. The lowest BCUT2D eigenvalue weighted by Crippen LogP contribution is -2.58. The Balaban J connectivity index is 1.69. The fourth-order valence-electron chi connectivity index (χ4n) is 5.52. The van der Waals surface area contributed by atoms with Crippen molar-refractivity contribution < 1.29 is 24.2 Å². The molecule has 3 amide bonds. The summed E-state index contributed by atoms with van der Waals surface area (Å²) in [5, 5.41) is 16.3. The summed E-state index contributed by atoms with van der Waals surface area (Å²) in [6, 6.07) is 14.1. The summed E-state index contributed by atoms with van der Waals surface area (Å²) in [6.45, 7) is 5.32. The van der Waals surface area contributed by atoms with Gasteiger partial charge in [0.25, 0.3) is 0 Å². The van der Waals surface area contributed by atoms with E-state index in [-0.39, 0.29) is 36.1 Å². The molecule has 8 heteroatoms. The van der Waals surface area contributed by atoms with Crippen LogP contribution in [-0.4, -0.2) is 51.6 Å². The topological polar surface area (TPSA) is 108 Å². The number of hydrogen-bond acceptors (Lipinski definition) is 5. The van der Waals surface area contributed by atoms with Crippen LogP contribution >= 0.6 is 0 Å². The van der Waals surface area contributed by atoms with Gasteiger partial charge in [-0.25, -0.2) is 4.79 Å². The van der Waals surface area contributed by atoms with Gasteiger partial charge in [0.15, 0.2) is 0 Å². The minimum Gasteiger partial charge on any atom is -0.508 e. The van der Waals surface area contributed by atoms with Crippen LogP contribution in [0.15, 0.2) is 54.6 Å². The van der Waals surface area contributed by atoms with E-state index < -0.39 is 23.8 Å². The molecule has 216 valence electrons. The molecule has 2 saturated carbocycles. The van der Waals surface area contributed by atoms with Crippen LogP contribution in [0.3, 0.4) is 0 Å². The summed E-state index contributed by atoms with van der Waals surface area (Å²) in [7, 11) is 0. The van der Waals surface area contributed by atoms with E-state index in [1.807, 2.05) is 30.3 Å². The highest BCUT2D eigenvalue weighted by molar-refractivity contribution is 5.92. The lowest BCUT2D eigenvalue weighted by Gasteiger charge is -2.44. The Labute approximate surface area is 237 Å². The van der Waals surface area contributed by atoms with Crippen LogP contribution in [0.2, 0.25) is 0 Å². The molecule has 0 saturated heterocycles. The lowest BCUT2D eigenvalue weighted by atomic mass is 9.87. The second kappa shape index (κ2) is 13.2. The highest BCUT2D eigenvalue weighted by Gasteiger charge is 2.42. The average molecular weight is 550 g/mol. The van der Waals surface area contributed by atoms with Crippen LogP contribution in [0.1, 0.15) is 89.3 Å². The first-order chi connectivity index (χ1) is 19.1. The predicted octanol–water partition coefficient (Wildman–Crippen LogP) is 5.40. The van der Waals surface area contributed by atoms with Crippen LogP contribution in [0.4, 0.5) is 4.79 Å². The Hall–Kier alpha value is -3.55. The summed E-state index contributed by atoms with van der Waals surface area (Å²) in [4.78, 5) is 43.1. The van der Waals surface area contributed by atoms with Crippen LogP contribution in [0.5, 0.6) is 5.75 Å². The molecule has 2 aliphatic carbocycles. The molecule has 8 nitrogen and oxygen atoms in total. The molecule has 0 spiro atoms. The van der Waals surface area contributed by atoms with Gasteiger partial charge >= 0.3 is 6.09 Å². The number of phenolic OH excluding ortho intramolecular Hbond substituents is 1. The number of hydrogen-bond donors (Lipinski definition) is 3. The van der Waals surface area contributed by atoms with E-state index in [1.54, 1.807) is 49.9 Å². The fourth-order valence-corrected chi connectivity index (χ4v) is 5.52. The van der Waals surface area contributed by atoms with Crippen molar-refractivity contribution in [3.63, 3.8) is 0 Å². The van der Waals surface area contributed by atoms with Crippen LogP contribution < -0.4 is 10.6 Å². The van der Waals surface area contributed by atoms with Gasteiger partial charge in [0.05, 0.1) is 0 Å². The van der Waals surface area contributed by atoms with Gasteiger partial charge in [-0.15, -0.1) is 0 Å². The molecule has 0 aromatic heterocycles. The van der Waals surface area contributed by atoms with E-state index in [2.05, 4.69) is 10.6 Å². The molecular weight excluding hydrogens is 506 g/mol. The van der Waals surface area contributed by atoms with E-state index >= 15 is 0 Å². The lowest BCUT2D eigenvalue weighted by molar-refractivity contribution is -0.147. The molecule has 40 heavy (non-hydrogen) atoms. The molecule has 2 aliphatic rings. The van der Waals surface area contributed by atoms with Gasteiger partial charge in [-0.05, 0) is 76.1 Å². The number of phenols is 1. The van der Waals surface area contributed by atoms with Crippen molar-refractivity contribution in [3.8, 4) is 5.75 Å². The quantitative estimate of drug-likeness (QED) is 0.388. The number of rotatable bonds is 9. The highest BCUT2D eigenvalue weighted by atomic mass is 16.6. The Morgan fingerprint density at radius 3 is 2.25 bits per heavy atom. The first-order valence-corrected chi connectivity index (χ1v) is 14.6. The van der Waals surface area contributed by atoms with Crippen molar-refractivity contribution in [2.24, 2.45) is 0 Å². The Morgan fingerprint density at radius 2 is 1.65 bits per heavy atom. The second-order valence-electron chi connectivity index (χ2n) is 12.1. The normalized spacial score (nSPS) is 17.7. The van der Waals surface area contributed by atoms with Gasteiger partial charge in [-0.2, -0.15) is 0 Å². The van der Waals surface area contributed by atoms with Crippen molar-refractivity contribution in [2.45, 2.75) is 108 Å². The maximum atomic E-state index is 14.5. The van der Waals surface area contributed by atoms with Gasteiger partial charge in [-0.1, -0.05) is 61.7 Å². The van der Waals surface area contributed by atoms with Gasteiger partial charge < -0.3 is 25.4 Å². The Kier molecular flexibility index (Phi) is 9.71. The first kappa shape index (κ1) is 29.4. The summed E-state index contributed by atoms with van der Waals surface area (Å²) in [5.41, 5.74) is 0.692. The van der Waals surface area contributed by atoms with Gasteiger partial charge in [-0.3, -0.25) is 9.59 Å². The molecule has 2 aromatic rings. The van der Waals surface area contributed by atoms with E-state index in [0.29, 0.717) is 5.56 Å². The molecule has 0 bridgehead atoms. The van der Waals surface area contributed by atoms with E-state index in [0.717, 1.165) is 56.9 Å². The van der Waals surface area contributed by atoms with E-state index in [4.69, 9.17) is 4.74 Å². The second-order valence-corrected chi connectivity index (χ2v) is 12.1. The Morgan fingerprint density at radius 1 is 0.950 bits per heavy atom. The highest BCUT2D eigenvalue weighted by Crippen LogP contribution is 2.35. The third-order valence-corrected chi connectivity index (χ3v) is 7.66. The average Bonchev–Trinajstić information content (AvgIpc) is 2.86. The van der Waals surface area contributed by atoms with Crippen LogP contribution in [0, 0.1) is 0 Å². The van der Waals surface area contributed by atoms with E-state index in [1.165, 1.54) is 0 Å².